The first-order valence-electron chi connectivity index (χ1n) is 11.2. The number of hydrogen-bond acceptors (Lipinski definition) is 4. The lowest BCUT2D eigenvalue weighted by Crippen LogP contribution is -2.10. The molecule has 0 aliphatic rings. The highest BCUT2D eigenvalue weighted by molar-refractivity contribution is 7.57. The fourth-order valence-electron chi connectivity index (χ4n) is 3.12. The predicted molar refractivity (Wildman–Crippen MR) is 116 cm³/mol. The van der Waals surface area contributed by atoms with Gasteiger partial charge in [-0.1, -0.05) is 64.7 Å². The van der Waals surface area contributed by atoms with Crippen LogP contribution in [0.4, 0.5) is 0 Å². The van der Waals surface area contributed by atoms with E-state index in [9.17, 15) is 9.59 Å². The molecule has 160 valence electrons. The van der Waals surface area contributed by atoms with E-state index in [1.807, 2.05) is 13.8 Å². The summed E-state index contributed by atoms with van der Waals surface area (Å²) in [5.41, 5.74) is 0. The molecule has 0 N–H and O–H groups in total. The van der Waals surface area contributed by atoms with E-state index in [0.29, 0.717) is 26.1 Å². The van der Waals surface area contributed by atoms with Gasteiger partial charge in [-0.3, -0.25) is 9.59 Å². The lowest BCUT2D eigenvalue weighted by Gasteiger charge is -2.17. The van der Waals surface area contributed by atoms with Crippen molar-refractivity contribution in [2.24, 2.45) is 0 Å². The average molecular weight is 403 g/mol. The van der Waals surface area contributed by atoms with Crippen molar-refractivity contribution in [2.75, 3.05) is 31.7 Å². The number of hydrogen-bond donors (Lipinski definition) is 0. The minimum atomic E-state index is -0.283. The van der Waals surface area contributed by atoms with E-state index in [0.717, 1.165) is 18.5 Å². The van der Waals surface area contributed by atoms with Crippen molar-refractivity contribution >= 4 is 19.9 Å². The van der Waals surface area contributed by atoms with Crippen molar-refractivity contribution in [3.63, 3.8) is 0 Å². The standard InChI is InChI=1S/C22H43O4P/c1-4-7-8-9-10-11-12-13-14-15-18-27(19-16-21(23)25-5-2)20-17-22(24)26-6-3/h4-20H2,1-3H3. The molecule has 0 aliphatic carbocycles. The summed E-state index contributed by atoms with van der Waals surface area (Å²) in [4.78, 5) is 23.3. The summed E-state index contributed by atoms with van der Waals surface area (Å²) >= 11 is 0. The van der Waals surface area contributed by atoms with E-state index < -0.39 is 0 Å². The first-order chi connectivity index (χ1) is 13.1. The summed E-state index contributed by atoms with van der Waals surface area (Å²) in [5, 5.41) is 0. The Bertz CT molecular complexity index is 338. The normalized spacial score (nSPS) is 11.0. The van der Waals surface area contributed by atoms with Gasteiger partial charge in [0.25, 0.3) is 0 Å². The van der Waals surface area contributed by atoms with Crippen LogP contribution < -0.4 is 0 Å². The van der Waals surface area contributed by atoms with E-state index in [2.05, 4.69) is 6.92 Å². The van der Waals surface area contributed by atoms with Gasteiger partial charge in [0, 0.05) is 12.8 Å². The lowest BCUT2D eigenvalue weighted by molar-refractivity contribution is -0.143. The number of carbonyl (C=O) groups is 2. The molecule has 4 nitrogen and oxygen atoms in total. The fourth-order valence-corrected chi connectivity index (χ4v) is 5.46. The molecule has 0 radical (unpaired) electrons. The molecule has 0 aromatic rings. The van der Waals surface area contributed by atoms with Crippen LogP contribution in [0.15, 0.2) is 0 Å². The molecule has 0 saturated heterocycles. The van der Waals surface area contributed by atoms with E-state index in [1.165, 1.54) is 64.2 Å². The van der Waals surface area contributed by atoms with Crippen LogP contribution in [-0.2, 0) is 19.1 Å². The first kappa shape index (κ1) is 26.4. The molecule has 0 spiro atoms. The molecule has 0 amide bonds. The Balaban J connectivity index is 3.90. The molecular formula is C22H43O4P. The Morgan fingerprint density at radius 3 is 1.41 bits per heavy atom. The van der Waals surface area contributed by atoms with Gasteiger partial charge >= 0.3 is 11.9 Å². The van der Waals surface area contributed by atoms with Gasteiger partial charge < -0.3 is 9.47 Å². The second-order valence-corrected chi connectivity index (χ2v) is 9.82. The number of esters is 2. The highest BCUT2D eigenvalue weighted by Gasteiger charge is 2.14. The summed E-state index contributed by atoms with van der Waals surface area (Å²) in [6, 6.07) is 0. The topological polar surface area (TPSA) is 52.6 Å². The zero-order valence-electron chi connectivity index (χ0n) is 18.1. The Labute approximate surface area is 168 Å². The maximum absolute atomic E-state index is 11.6. The fraction of sp³-hybridized carbons (Fsp3) is 0.909. The average Bonchev–Trinajstić information content (AvgIpc) is 2.65. The molecule has 0 heterocycles. The van der Waals surface area contributed by atoms with Crippen molar-refractivity contribution < 1.29 is 19.1 Å². The highest BCUT2D eigenvalue weighted by Crippen LogP contribution is 2.38. The van der Waals surface area contributed by atoms with Crippen LogP contribution in [0.5, 0.6) is 0 Å². The Morgan fingerprint density at radius 2 is 1.00 bits per heavy atom. The summed E-state index contributed by atoms with van der Waals surface area (Å²) < 4.78 is 10.1. The third-order valence-corrected chi connectivity index (χ3v) is 7.36. The third-order valence-electron chi connectivity index (χ3n) is 4.70. The summed E-state index contributed by atoms with van der Waals surface area (Å²) in [7, 11) is -0.283. The molecule has 0 aliphatic heterocycles. The molecule has 27 heavy (non-hydrogen) atoms. The summed E-state index contributed by atoms with van der Waals surface area (Å²) in [6.45, 7) is 6.82. The molecule has 0 bridgehead atoms. The van der Waals surface area contributed by atoms with Crippen molar-refractivity contribution in [1.82, 2.24) is 0 Å². The minimum absolute atomic E-state index is 0.107. The Hall–Kier alpha value is -0.630. The third kappa shape index (κ3) is 18.5. The smallest absolute Gasteiger partial charge is 0.306 e. The van der Waals surface area contributed by atoms with Gasteiger partial charge in [0.1, 0.15) is 0 Å². The molecule has 0 aromatic carbocycles. The van der Waals surface area contributed by atoms with Crippen LogP contribution in [0.25, 0.3) is 0 Å². The lowest BCUT2D eigenvalue weighted by atomic mass is 10.1. The highest BCUT2D eigenvalue weighted by atomic mass is 31.1. The van der Waals surface area contributed by atoms with E-state index in [-0.39, 0.29) is 19.9 Å². The number of carbonyl (C=O) groups excluding carboxylic acids is 2. The molecular weight excluding hydrogens is 359 g/mol. The second kappa shape index (κ2) is 20.1. The van der Waals surface area contributed by atoms with Crippen LogP contribution in [0.1, 0.15) is 97.8 Å². The van der Waals surface area contributed by atoms with Crippen molar-refractivity contribution in [1.29, 1.82) is 0 Å². The van der Waals surface area contributed by atoms with Gasteiger partial charge in [0.2, 0.25) is 0 Å². The largest absolute Gasteiger partial charge is 0.466 e. The molecule has 0 rings (SSSR count). The Kier molecular flexibility index (Phi) is 19.6. The number of unbranched alkanes of at least 4 members (excludes halogenated alkanes) is 9. The monoisotopic (exact) mass is 402 g/mol. The Morgan fingerprint density at radius 1 is 0.593 bits per heavy atom. The van der Waals surface area contributed by atoms with Crippen LogP contribution in [-0.4, -0.2) is 43.6 Å². The van der Waals surface area contributed by atoms with E-state index >= 15 is 0 Å². The van der Waals surface area contributed by atoms with Gasteiger partial charge in [-0.05, 0) is 38.8 Å². The predicted octanol–water partition coefficient (Wildman–Crippen LogP) is 6.30. The first-order valence-corrected chi connectivity index (χ1v) is 13.1. The van der Waals surface area contributed by atoms with Crippen molar-refractivity contribution in [3.05, 3.63) is 0 Å². The van der Waals surface area contributed by atoms with Crippen molar-refractivity contribution in [2.45, 2.75) is 97.8 Å². The zero-order chi connectivity index (χ0) is 20.2. The van der Waals surface area contributed by atoms with Gasteiger partial charge in [0.05, 0.1) is 13.2 Å². The maximum atomic E-state index is 11.6. The van der Waals surface area contributed by atoms with Crippen LogP contribution in [0.2, 0.25) is 0 Å². The van der Waals surface area contributed by atoms with E-state index in [1.54, 1.807) is 0 Å². The molecule has 0 aromatic heterocycles. The quantitative estimate of drug-likeness (QED) is 0.145. The molecule has 5 heteroatoms. The van der Waals surface area contributed by atoms with E-state index in [4.69, 9.17) is 9.47 Å². The summed E-state index contributed by atoms with van der Waals surface area (Å²) in [6.07, 6.45) is 17.2. The minimum Gasteiger partial charge on any atom is -0.466 e. The van der Waals surface area contributed by atoms with Crippen LogP contribution >= 0.6 is 7.92 Å². The number of ether oxygens (including phenoxy) is 2. The summed E-state index contributed by atoms with van der Waals surface area (Å²) in [5.74, 6) is -0.214. The second-order valence-electron chi connectivity index (χ2n) is 7.13. The van der Waals surface area contributed by atoms with Gasteiger partial charge in [0.15, 0.2) is 0 Å². The van der Waals surface area contributed by atoms with Gasteiger partial charge in [-0.25, -0.2) is 0 Å². The molecule has 0 fully saturated rings. The van der Waals surface area contributed by atoms with Gasteiger partial charge in [-0.2, -0.15) is 0 Å². The SMILES string of the molecule is CCCCCCCCCCCCP(CCC(=O)OCC)CCC(=O)OCC. The zero-order valence-corrected chi connectivity index (χ0v) is 19.0. The molecule has 0 atom stereocenters. The van der Waals surface area contributed by atoms with Crippen LogP contribution in [0, 0.1) is 0 Å². The van der Waals surface area contributed by atoms with Crippen LogP contribution in [0.3, 0.4) is 0 Å². The molecule has 0 saturated carbocycles. The van der Waals surface area contributed by atoms with Gasteiger partial charge in [-0.15, -0.1) is 7.92 Å². The number of rotatable bonds is 19. The maximum Gasteiger partial charge on any atom is 0.306 e. The molecule has 0 unspecified atom stereocenters. The van der Waals surface area contributed by atoms with Crippen molar-refractivity contribution in [3.8, 4) is 0 Å².